The number of nitrogens with zero attached hydrogens (tertiary/aromatic N) is 3. The highest BCUT2D eigenvalue weighted by Crippen LogP contribution is 2.33. The fraction of sp³-hybridized carbons (Fsp3) is 0.565. The van der Waals surface area contributed by atoms with Gasteiger partial charge in [0, 0.05) is 39.3 Å². The van der Waals surface area contributed by atoms with Gasteiger partial charge in [0.2, 0.25) is 0 Å². The maximum Gasteiger partial charge on any atom is 0.277 e. The van der Waals surface area contributed by atoms with Crippen LogP contribution in [0.15, 0.2) is 30.0 Å². The number of piperazine rings is 1. The Kier molecular flexibility index (Phi) is 7.50. The van der Waals surface area contributed by atoms with E-state index in [1.54, 1.807) is 0 Å². The van der Waals surface area contributed by atoms with E-state index in [1.165, 1.54) is 4.90 Å². The summed E-state index contributed by atoms with van der Waals surface area (Å²) in [4.78, 5) is 32.3. The number of imide groups is 1. The first-order chi connectivity index (χ1) is 14.4. The molecule has 2 aliphatic rings. The van der Waals surface area contributed by atoms with Gasteiger partial charge in [0.1, 0.15) is 11.4 Å². The summed E-state index contributed by atoms with van der Waals surface area (Å²) < 4.78 is 11.1. The summed E-state index contributed by atoms with van der Waals surface area (Å²) in [5, 5.41) is 0. The third kappa shape index (κ3) is 5.02. The zero-order valence-electron chi connectivity index (χ0n) is 18.5. The molecule has 1 aromatic rings. The monoisotopic (exact) mass is 415 g/mol. The first kappa shape index (κ1) is 22.3. The van der Waals surface area contributed by atoms with Gasteiger partial charge in [0.15, 0.2) is 0 Å². The number of carbonyl (C=O) groups excluding carboxylic acids is 2. The van der Waals surface area contributed by atoms with E-state index in [4.69, 9.17) is 9.47 Å². The summed E-state index contributed by atoms with van der Waals surface area (Å²) in [6.45, 7) is 10.5. The molecule has 0 atom stereocenters. The van der Waals surface area contributed by atoms with Crippen LogP contribution >= 0.6 is 0 Å². The number of hydrogen-bond acceptors (Lipinski definition) is 6. The van der Waals surface area contributed by atoms with Gasteiger partial charge in [0.25, 0.3) is 11.8 Å². The lowest BCUT2D eigenvalue weighted by Crippen LogP contribution is -2.46. The fourth-order valence-electron chi connectivity index (χ4n) is 3.78. The minimum absolute atomic E-state index is 0.133. The quantitative estimate of drug-likeness (QED) is 0.455. The molecule has 0 bridgehead atoms. The number of amides is 2. The van der Waals surface area contributed by atoms with Crippen LogP contribution in [0.2, 0.25) is 0 Å². The van der Waals surface area contributed by atoms with Crippen LogP contribution in [-0.4, -0.2) is 85.6 Å². The van der Waals surface area contributed by atoms with Gasteiger partial charge in [-0.2, -0.15) is 0 Å². The zero-order valence-corrected chi connectivity index (χ0v) is 18.5. The first-order valence-electron chi connectivity index (χ1n) is 10.8. The Morgan fingerprint density at radius 1 is 1.00 bits per heavy atom. The van der Waals surface area contributed by atoms with E-state index >= 15 is 0 Å². The molecule has 1 saturated heterocycles. The van der Waals surface area contributed by atoms with Crippen LogP contribution in [0.3, 0.4) is 0 Å². The van der Waals surface area contributed by atoms with Crippen LogP contribution in [-0.2, 0) is 14.3 Å². The molecule has 3 rings (SSSR count). The van der Waals surface area contributed by atoms with Gasteiger partial charge in [-0.1, -0.05) is 12.1 Å². The number of rotatable bonds is 9. The van der Waals surface area contributed by atoms with Crippen LogP contribution in [0.4, 0.5) is 0 Å². The second-order valence-corrected chi connectivity index (χ2v) is 8.01. The predicted octanol–water partition coefficient (Wildman–Crippen LogP) is 2.23. The lowest BCUT2D eigenvalue weighted by molar-refractivity contribution is -0.137. The van der Waals surface area contributed by atoms with Crippen LogP contribution in [0, 0.1) is 0 Å². The molecule has 0 unspecified atom stereocenters. The minimum atomic E-state index is -0.220. The molecule has 2 heterocycles. The van der Waals surface area contributed by atoms with Crippen LogP contribution < -0.4 is 4.74 Å². The molecule has 0 aromatic heterocycles. The van der Waals surface area contributed by atoms with E-state index in [9.17, 15) is 9.59 Å². The molecule has 7 heteroatoms. The lowest BCUT2D eigenvalue weighted by Gasteiger charge is -2.34. The Balaban J connectivity index is 1.86. The van der Waals surface area contributed by atoms with Gasteiger partial charge in [-0.15, -0.1) is 0 Å². The third-order valence-electron chi connectivity index (χ3n) is 5.39. The fourth-order valence-corrected chi connectivity index (χ4v) is 3.78. The highest BCUT2D eigenvalue weighted by atomic mass is 16.5. The van der Waals surface area contributed by atoms with E-state index in [1.807, 2.05) is 45.0 Å². The standard InChI is InChI=1S/C23H33N3O4/c1-5-29-19-9-7-18(8-10-19)20-21(25-14-12-24(4)13-15-25)23(28)26(22(20)27)11-6-16-30-17(2)3/h7-10,17H,5-6,11-16H2,1-4H3. The zero-order chi connectivity index (χ0) is 21.7. The molecule has 164 valence electrons. The van der Waals surface area contributed by atoms with E-state index in [2.05, 4.69) is 16.8 Å². The normalized spacial score (nSPS) is 18.2. The second kappa shape index (κ2) is 10.1. The van der Waals surface area contributed by atoms with Gasteiger partial charge >= 0.3 is 0 Å². The minimum Gasteiger partial charge on any atom is -0.494 e. The summed E-state index contributed by atoms with van der Waals surface area (Å²) >= 11 is 0. The van der Waals surface area contributed by atoms with Crippen molar-refractivity contribution in [3.05, 3.63) is 35.5 Å². The number of benzene rings is 1. The third-order valence-corrected chi connectivity index (χ3v) is 5.39. The van der Waals surface area contributed by atoms with Crippen molar-refractivity contribution < 1.29 is 19.1 Å². The maximum absolute atomic E-state index is 13.3. The summed E-state index contributed by atoms with van der Waals surface area (Å²) in [6.07, 6.45) is 0.760. The molecular weight excluding hydrogens is 382 g/mol. The lowest BCUT2D eigenvalue weighted by atomic mass is 10.0. The molecule has 0 aliphatic carbocycles. The van der Waals surface area contributed by atoms with Crippen molar-refractivity contribution in [2.24, 2.45) is 0 Å². The van der Waals surface area contributed by atoms with Gasteiger partial charge in [-0.25, -0.2) is 0 Å². The van der Waals surface area contributed by atoms with Crippen molar-refractivity contribution in [1.29, 1.82) is 0 Å². The largest absolute Gasteiger partial charge is 0.494 e. The van der Waals surface area contributed by atoms with Crippen molar-refractivity contribution in [2.75, 3.05) is 53.0 Å². The van der Waals surface area contributed by atoms with Gasteiger partial charge in [-0.05, 0) is 51.9 Å². The Morgan fingerprint density at radius 2 is 1.67 bits per heavy atom. The first-order valence-corrected chi connectivity index (χ1v) is 10.8. The predicted molar refractivity (Wildman–Crippen MR) is 116 cm³/mol. The van der Waals surface area contributed by atoms with Crippen molar-refractivity contribution in [1.82, 2.24) is 14.7 Å². The Labute approximate surface area is 179 Å². The van der Waals surface area contributed by atoms with Crippen molar-refractivity contribution in [3.8, 4) is 5.75 Å². The maximum atomic E-state index is 13.3. The topological polar surface area (TPSA) is 62.3 Å². The number of ether oxygens (including phenoxy) is 2. The molecule has 0 radical (unpaired) electrons. The van der Waals surface area contributed by atoms with E-state index in [0.29, 0.717) is 37.4 Å². The van der Waals surface area contributed by atoms with Crippen LogP contribution in [0.25, 0.3) is 5.57 Å². The number of carbonyl (C=O) groups is 2. The van der Waals surface area contributed by atoms with Crippen molar-refractivity contribution >= 4 is 17.4 Å². The van der Waals surface area contributed by atoms with Crippen molar-refractivity contribution in [2.45, 2.75) is 33.3 Å². The SMILES string of the molecule is CCOc1ccc(C2=C(N3CCN(C)CC3)C(=O)N(CCCOC(C)C)C2=O)cc1. The average Bonchev–Trinajstić information content (AvgIpc) is 2.97. The van der Waals surface area contributed by atoms with Gasteiger partial charge in [0.05, 0.1) is 18.3 Å². The number of hydrogen-bond donors (Lipinski definition) is 0. The Morgan fingerprint density at radius 3 is 2.27 bits per heavy atom. The summed E-state index contributed by atoms with van der Waals surface area (Å²) in [7, 11) is 2.07. The Hall–Kier alpha value is -2.38. The molecule has 1 fully saturated rings. The molecule has 0 N–H and O–H groups in total. The molecule has 2 amide bonds. The Bertz CT molecular complexity index is 780. The van der Waals surface area contributed by atoms with Crippen LogP contribution in [0.5, 0.6) is 5.75 Å². The molecule has 1 aromatic carbocycles. The molecular formula is C23H33N3O4. The summed E-state index contributed by atoms with van der Waals surface area (Å²) in [5.74, 6) is 0.336. The molecule has 0 saturated carbocycles. The molecule has 30 heavy (non-hydrogen) atoms. The highest BCUT2D eigenvalue weighted by molar-refractivity contribution is 6.35. The second-order valence-electron chi connectivity index (χ2n) is 8.01. The summed E-state index contributed by atoms with van der Waals surface area (Å²) in [6, 6.07) is 7.44. The molecule has 0 spiro atoms. The molecule has 7 nitrogen and oxygen atoms in total. The molecule has 2 aliphatic heterocycles. The smallest absolute Gasteiger partial charge is 0.277 e. The van der Waals surface area contributed by atoms with Gasteiger partial charge < -0.3 is 19.3 Å². The highest BCUT2D eigenvalue weighted by Gasteiger charge is 2.41. The number of likely N-dealkylation sites (N-methyl/N-ethyl adjacent to an activating group) is 1. The van der Waals surface area contributed by atoms with Gasteiger partial charge in [-0.3, -0.25) is 14.5 Å². The average molecular weight is 416 g/mol. The van der Waals surface area contributed by atoms with Crippen LogP contribution in [0.1, 0.15) is 32.8 Å². The van der Waals surface area contributed by atoms with E-state index < -0.39 is 0 Å². The summed E-state index contributed by atoms with van der Waals surface area (Å²) in [5.41, 5.74) is 1.78. The van der Waals surface area contributed by atoms with E-state index in [-0.39, 0.29) is 17.9 Å². The van der Waals surface area contributed by atoms with E-state index in [0.717, 1.165) is 37.5 Å². The van der Waals surface area contributed by atoms with Crippen molar-refractivity contribution in [3.63, 3.8) is 0 Å².